The van der Waals surface area contributed by atoms with E-state index in [0.29, 0.717) is 12.1 Å². The molecule has 2 unspecified atom stereocenters. The number of piperazine rings is 1. The molecule has 2 N–H and O–H groups in total. The lowest BCUT2D eigenvalue weighted by atomic mass is 9.84. The Morgan fingerprint density at radius 3 is 2.52 bits per heavy atom. The zero-order valence-corrected chi connectivity index (χ0v) is 12.6. The fourth-order valence-corrected chi connectivity index (χ4v) is 4.04. The molecule has 0 spiro atoms. The molecule has 0 amide bonds. The van der Waals surface area contributed by atoms with Gasteiger partial charge in [-0.05, 0) is 12.5 Å². The summed E-state index contributed by atoms with van der Waals surface area (Å²) in [5, 5.41) is 2.52. The lowest BCUT2D eigenvalue weighted by molar-refractivity contribution is -0.218. The molecule has 2 rings (SSSR count). The van der Waals surface area contributed by atoms with Crippen LogP contribution in [0.15, 0.2) is 30.3 Å². The predicted octanol–water partition coefficient (Wildman–Crippen LogP) is 0.151. The number of benzene rings is 1. The Morgan fingerprint density at radius 2 is 2.05 bits per heavy atom. The quantitative estimate of drug-likeness (QED) is 0.764. The van der Waals surface area contributed by atoms with Gasteiger partial charge >= 0.3 is 0 Å². The zero-order valence-electron chi connectivity index (χ0n) is 11.8. The van der Waals surface area contributed by atoms with Gasteiger partial charge in [-0.1, -0.05) is 30.3 Å². The summed E-state index contributed by atoms with van der Waals surface area (Å²) in [5.41, 5.74) is -1.20. The Balaban J connectivity index is 2.74. The monoisotopic (exact) mass is 314 g/mol. The van der Waals surface area contributed by atoms with Gasteiger partial charge in [-0.25, -0.2) is 0 Å². The molecule has 1 heterocycles. The second kappa shape index (κ2) is 5.82. The number of hydrogen-bond donors (Lipinski definition) is 2. The number of carbonyl (C=O) groups is 1. The van der Waals surface area contributed by atoms with Crippen LogP contribution in [0.3, 0.4) is 0 Å². The molecule has 2 atom stereocenters. The van der Waals surface area contributed by atoms with Crippen molar-refractivity contribution in [3.63, 3.8) is 0 Å². The van der Waals surface area contributed by atoms with Crippen molar-refractivity contribution in [1.29, 1.82) is 0 Å². The summed E-state index contributed by atoms with van der Waals surface area (Å²) < 4.78 is 33.2. The lowest BCUT2D eigenvalue weighted by Crippen LogP contribution is -2.69. The summed E-state index contributed by atoms with van der Waals surface area (Å²) in [6.07, 6.45) is 0. The molecular weight excluding hydrogens is 296 g/mol. The van der Waals surface area contributed by atoms with E-state index in [9.17, 15) is 17.8 Å². The van der Waals surface area contributed by atoms with Gasteiger partial charge in [0.15, 0.2) is 16.7 Å². The van der Waals surface area contributed by atoms with Crippen molar-refractivity contribution in [3.8, 4) is 0 Å². The Hall–Kier alpha value is -1.32. The third-order valence-electron chi connectivity index (χ3n) is 3.69. The van der Waals surface area contributed by atoms with E-state index in [1.54, 1.807) is 30.3 Å². The molecular formula is C13H18N2O5S. The molecule has 1 aliphatic heterocycles. The van der Waals surface area contributed by atoms with Gasteiger partial charge in [0.1, 0.15) is 0 Å². The van der Waals surface area contributed by atoms with Crippen molar-refractivity contribution in [1.82, 2.24) is 10.4 Å². The molecule has 0 bridgehead atoms. The highest BCUT2D eigenvalue weighted by atomic mass is 32.2. The Labute approximate surface area is 123 Å². The molecule has 0 aromatic heterocycles. The number of ketones is 1. The minimum Gasteiger partial charge on any atom is -0.301 e. The summed E-state index contributed by atoms with van der Waals surface area (Å²) in [4.78, 5) is 17.7. The number of hydrogen-bond acceptors (Lipinski definition) is 6. The van der Waals surface area contributed by atoms with Crippen LogP contribution in [0.1, 0.15) is 12.5 Å². The molecule has 1 aromatic carbocycles. The lowest BCUT2D eigenvalue weighted by Gasteiger charge is -2.47. The molecule has 0 saturated carbocycles. The molecule has 7 nitrogen and oxygen atoms in total. The molecule has 1 saturated heterocycles. The summed E-state index contributed by atoms with van der Waals surface area (Å²) in [5.74, 6) is -0.439. The first kappa shape index (κ1) is 16.1. The van der Waals surface area contributed by atoms with Gasteiger partial charge in [0.05, 0.1) is 7.11 Å². The van der Waals surface area contributed by atoms with Gasteiger partial charge < -0.3 is 4.84 Å². The van der Waals surface area contributed by atoms with Crippen LogP contribution >= 0.6 is 0 Å². The smallest absolute Gasteiger partial charge is 0.283 e. The van der Waals surface area contributed by atoms with E-state index in [1.807, 2.05) is 0 Å². The van der Waals surface area contributed by atoms with E-state index in [2.05, 4.69) is 5.32 Å². The maximum atomic E-state index is 12.4. The number of nitrogens with zero attached hydrogens (tertiary/aromatic N) is 1. The van der Waals surface area contributed by atoms with Crippen LogP contribution in [-0.2, 0) is 25.3 Å². The average molecular weight is 314 g/mol. The normalized spacial score (nSPS) is 27.5. The van der Waals surface area contributed by atoms with Gasteiger partial charge in [-0.2, -0.15) is 13.5 Å². The number of carbonyl (C=O) groups excluding carboxylic acids is 1. The highest BCUT2D eigenvalue weighted by Crippen LogP contribution is 2.37. The predicted molar refractivity (Wildman–Crippen MR) is 75.9 cm³/mol. The van der Waals surface area contributed by atoms with Crippen molar-refractivity contribution in [3.05, 3.63) is 35.9 Å². The summed E-state index contributed by atoms with van der Waals surface area (Å²) in [7, 11) is -3.16. The second-order valence-corrected chi connectivity index (χ2v) is 6.32. The van der Waals surface area contributed by atoms with Crippen molar-refractivity contribution in [2.45, 2.75) is 17.8 Å². The molecule has 1 aliphatic rings. The van der Waals surface area contributed by atoms with Crippen LogP contribution in [0.4, 0.5) is 0 Å². The average Bonchev–Trinajstić information content (AvgIpc) is 2.45. The van der Waals surface area contributed by atoms with Gasteiger partial charge in [0, 0.05) is 13.1 Å². The first-order valence-electron chi connectivity index (χ1n) is 6.43. The van der Waals surface area contributed by atoms with Crippen molar-refractivity contribution in [2.75, 3.05) is 20.2 Å². The first-order valence-corrected chi connectivity index (χ1v) is 7.93. The minimum atomic E-state index is -4.52. The molecule has 0 aliphatic carbocycles. The first-order chi connectivity index (χ1) is 9.85. The number of Topliss-reactive ketones (excluding diaryl/α,β-unsaturated/α-hetero) is 1. The third kappa shape index (κ3) is 2.60. The van der Waals surface area contributed by atoms with Crippen LogP contribution < -0.4 is 5.32 Å². The zero-order chi connectivity index (χ0) is 15.7. The third-order valence-corrected chi connectivity index (χ3v) is 4.79. The van der Waals surface area contributed by atoms with Gasteiger partial charge in [0.2, 0.25) is 0 Å². The molecule has 0 radical (unpaired) electrons. The van der Waals surface area contributed by atoms with Crippen molar-refractivity contribution < 1.29 is 22.6 Å². The fourth-order valence-electron chi connectivity index (χ4n) is 2.86. The standard InChI is InChI=1S/C13H18N2O5S/c1-10(16)13(11-6-4-3-5-7-11)12(21(17,18)19)14-8-9-15(13)20-2/h3-7,12,14H,8-9H2,1-2H3,(H,17,18,19). The van der Waals surface area contributed by atoms with Crippen LogP contribution in [0.25, 0.3) is 0 Å². The van der Waals surface area contributed by atoms with E-state index in [-0.39, 0.29) is 6.54 Å². The van der Waals surface area contributed by atoms with Crippen LogP contribution in [0.2, 0.25) is 0 Å². The molecule has 8 heteroatoms. The molecule has 1 aromatic rings. The maximum Gasteiger partial charge on any atom is 0.283 e. The topological polar surface area (TPSA) is 95.9 Å². The number of rotatable bonds is 4. The van der Waals surface area contributed by atoms with E-state index in [0.717, 1.165) is 0 Å². The summed E-state index contributed by atoms with van der Waals surface area (Å²) >= 11 is 0. The van der Waals surface area contributed by atoms with E-state index >= 15 is 0 Å². The van der Waals surface area contributed by atoms with Crippen molar-refractivity contribution in [2.24, 2.45) is 0 Å². The Morgan fingerprint density at radius 1 is 1.43 bits per heavy atom. The van der Waals surface area contributed by atoms with E-state index < -0.39 is 26.8 Å². The minimum absolute atomic E-state index is 0.264. The number of hydroxylamine groups is 2. The maximum absolute atomic E-state index is 12.4. The second-order valence-electron chi connectivity index (χ2n) is 4.82. The summed E-state index contributed by atoms with van der Waals surface area (Å²) in [6, 6.07) is 8.43. The van der Waals surface area contributed by atoms with Crippen molar-refractivity contribution >= 4 is 15.9 Å². The number of nitrogens with one attached hydrogen (secondary N) is 1. The van der Waals surface area contributed by atoms with Crippen LogP contribution in [0.5, 0.6) is 0 Å². The Bertz CT molecular complexity index is 619. The Kier molecular flexibility index (Phi) is 4.45. The van der Waals surface area contributed by atoms with Gasteiger partial charge in [-0.15, -0.1) is 0 Å². The highest BCUT2D eigenvalue weighted by Gasteiger charge is 2.57. The van der Waals surface area contributed by atoms with Gasteiger partial charge in [-0.3, -0.25) is 14.7 Å². The molecule has 21 heavy (non-hydrogen) atoms. The fraction of sp³-hybridized carbons (Fsp3) is 0.462. The van der Waals surface area contributed by atoms with Crippen LogP contribution in [-0.4, -0.2) is 49.4 Å². The molecule has 116 valence electrons. The summed E-state index contributed by atoms with van der Waals surface area (Å²) in [6.45, 7) is 1.85. The SMILES string of the molecule is CON1CCNC(S(=O)(=O)O)C1(C(C)=O)c1ccccc1. The largest absolute Gasteiger partial charge is 0.301 e. The van der Waals surface area contributed by atoms with Crippen LogP contribution in [0, 0.1) is 0 Å². The van der Waals surface area contributed by atoms with Gasteiger partial charge in [0.25, 0.3) is 10.1 Å². The molecule has 1 fully saturated rings. The van der Waals surface area contributed by atoms with E-state index in [1.165, 1.54) is 19.1 Å². The van der Waals surface area contributed by atoms with E-state index in [4.69, 9.17) is 4.84 Å². The highest BCUT2D eigenvalue weighted by molar-refractivity contribution is 7.86.